The van der Waals surface area contributed by atoms with Gasteiger partial charge in [-0.2, -0.15) is 9.97 Å². The van der Waals surface area contributed by atoms with Crippen molar-refractivity contribution in [2.45, 2.75) is 31.8 Å². The second-order valence-corrected chi connectivity index (χ2v) is 5.71. The zero-order chi connectivity index (χ0) is 19.3. The fourth-order valence-electron chi connectivity index (χ4n) is 2.57. The van der Waals surface area contributed by atoms with Gasteiger partial charge in [-0.05, 0) is 19.4 Å². The molecule has 0 saturated heterocycles. The summed E-state index contributed by atoms with van der Waals surface area (Å²) in [6.45, 7) is 0.681. The number of rotatable bonds is 9. The van der Waals surface area contributed by atoms with Gasteiger partial charge in [0.2, 0.25) is 5.95 Å². The number of H-pyrrole nitrogens is 1. The molecule has 0 amide bonds. The molecule has 1 atom stereocenters. The smallest absolute Gasteiger partial charge is 0.351 e. The van der Waals surface area contributed by atoms with E-state index in [1.54, 1.807) is 0 Å². The first kappa shape index (κ1) is 19.3. The number of unbranched alkanes of at least 4 members (excludes halogenated alkanes) is 1. The molecule has 2 heterocycles. The highest BCUT2D eigenvalue weighted by Crippen LogP contribution is 2.10. The van der Waals surface area contributed by atoms with Crippen molar-refractivity contribution in [1.29, 1.82) is 0 Å². The van der Waals surface area contributed by atoms with E-state index in [9.17, 15) is 19.5 Å². The highest BCUT2D eigenvalue weighted by Gasteiger charge is 2.17. The SMILES string of the molecule is NCCCC[C@@H](NCCn1c(=O)nc(N)c2c(=O)[nH]c(N)nc21)C(=O)O. The maximum absolute atomic E-state index is 12.1. The van der Waals surface area contributed by atoms with E-state index in [4.69, 9.17) is 17.2 Å². The van der Waals surface area contributed by atoms with Crippen molar-refractivity contribution in [2.75, 3.05) is 24.6 Å². The molecule has 26 heavy (non-hydrogen) atoms. The maximum Gasteiger partial charge on any atom is 0.351 e. The van der Waals surface area contributed by atoms with E-state index in [1.807, 2.05) is 0 Å². The number of nitrogen functional groups attached to an aromatic ring is 2. The predicted molar refractivity (Wildman–Crippen MR) is 95.6 cm³/mol. The normalized spacial score (nSPS) is 12.3. The van der Waals surface area contributed by atoms with Gasteiger partial charge in [0, 0.05) is 13.1 Å². The van der Waals surface area contributed by atoms with Crippen molar-refractivity contribution >= 4 is 28.8 Å². The Morgan fingerprint density at radius 2 is 2.00 bits per heavy atom. The Morgan fingerprint density at radius 1 is 1.27 bits per heavy atom. The number of aromatic nitrogens is 4. The topological polar surface area (TPSA) is 208 Å². The van der Waals surface area contributed by atoms with Crippen LogP contribution in [0.4, 0.5) is 11.8 Å². The van der Waals surface area contributed by atoms with Crippen molar-refractivity contribution in [3.63, 3.8) is 0 Å². The molecular formula is C14H22N8O4. The van der Waals surface area contributed by atoms with E-state index in [0.29, 0.717) is 19.4 Å². The molecule has 142 valence electrons. The summed E-state index contributed by atoms with van der Waals surface area (Å²) >= 11 is 0. The van der Waals surface area contributed by atoms with E-state index < -0.39 is 23.3 Å². The molecule has 2 rings (SSSR count). The molecule has 12 heteroatoms. The lowest BCUT2D eigenvalue weighted by Crippen LogP contribution is -2.40. The summed E-state index contributed by atoms with van der Waals surface area (Å²) in [5, 5.41) is 12.1. The zero-order valence-electron chi connectivity index (χ0n) is 14.1. The number of nitrogens with zero attached hydrogens (tertiary/aromatic N) is 3. The minimum atomic E-state index is -0.992. The summed E-state index contributed by atoms with van der Waals surface area (Å²) in [5.74, 6) is -1.40. The third kappa shape index (κ3) is 4.34. The van der Waals surface area contributed by atoms with Gasteiger partial charge < -0.3 is 27.6 Å². The Kier molecular flexibility index (Phi) is 6.25. The molecule has 0 aliphatic rings. The highest BCUT2D eigenvalue weighted by atomic mass is 16.4. The van der Waals surface area contributed by atoms with Crippen LogP contribution in [-0.2, 0) is 11.3 Å². The molecule has 0 spiro atoms. The lowest BCUT2D eigenvalue weighted by Gasteiger charge is -2.15. The molecule has 9 N–H and O–H groups in total. The van der Waals surface area contributed by atoms with Crippen LogP contribution in [0.2, 0.25) is 0 Å². The number of hydrogen-bond acceptors (Lipinski definition) is 9. The number of fused-ring (bicyclic) bond motifs is 1. The van der Waals surface area contributed by atoms with Crippen LogP contribution in [0.25, 0.3) is 11.0 Å². The van der Waals surface area contributed by atoms with Crippen molar-refractivity contribution < 1.29 is 9.90 Å². The Morgan fingerprint density at radius 3 is 2.65 bits per heavy atom. The fourth-order valence-corrected chi connectivity index (χ4v) is 2.57. The van der Waals surface area contributed by atoms with Gasteiger partial charge in [-0.25, -0.2) is 4.79 Å². The minimum Gasteiger partial charge on any atom is -0.480 e. The van der Waals surface area contributed by atoms with Crippen LogP contribution in [0, 0.1) is 0 Å². The van der Waals surface area contributed by atoms with Gasteiger partial charge in [-0.3, -0.25) is 19.1 Å². The Labute approximate surface area is 147 Å². The average Bonchev–Trinajstić information content (AvgIpc) is 2.54. The first-order valence-electron chi connectivity index (χ1n) is 8.07. The van der Waals surface area contributed by atoms with E-state index in [2.05, 4.69) is 20.3 Å². The number of carboxylic acid groups (broad SMARTS) is 1. The fraction of sp³-hybridized carbons (Fsp3) is 0.500. The summed E-state index contributed by atoms with van der Waals surface area (Å²) in [4.78, 5) is 45.3. The van der Waals surface area contributed by atoms with E-state index in [-0.39, 0.29) is 35.9 Å². The van der Waals surface area contributed by atoms with Gasteiger partial charge in [0.05, 0.1) is 0 Å². The Hall–Kier alpha value is -2.99. The molecule has 0 aliphatic carbocycles. The van der Waals surface area contributed by atoms with Crippen molar-refractivity contribution in [2.24, 2.45) is 5.73 Å². The van der Waals surface area contributed by atoms with Crippen LogP contribution in [-0.4, -0.2) is 49.7 Å². The minimum absolute atomic E-state index is 0.000516. The number of hydrogen-bond donors (Lipinski definition) is 6. The van der Waals surface area contributed by atoms with Gasteiger partial charge in [0.15, 0.2) is 5.65 Å². The summed E-state index contributed by atoms with van der Waals surface area (Å²) < 4.78 is 1.13. The van der Waals surface area contributed by atoms with Crippen molar-refractivity contribution in [1.82, 2.24) is 24.8 Å². The summed E-state index contributed by atoms with van der Waals surface area (Å²) in [6, 6.07) is -0.772. The molecule has 0 bridgehead atoms. The summed E-state index contributed by atoms with van der Waals surface area (Å²) in [5.41, 5.74) is 15.3. The number of anilines is 2. The summed E-state index contributed by atoms with van der Waals surface area (Å²) in [6.07, 6.45) is 1.80. The second kappa shape index (κ2) is 8.40. The van der Waals surface area contributed by atoms with Gasteiger partial charge in [-0.1, -0.05) is 6.42 Å². The lowest BCUT2D eigenvalue weighted by molar-refractivity contribution is -0.139. The highest BCUT2D eigenvalue weighted by molar-refractivity contribution is 5.84. The molecule has 0 unspecified atom stereocenters. The Balaban J connectivity index is 2.22. The number of nitrogens with one attached hydrogen (secondary N) is 2. The number of aromatic amines is 1. The molecule has 0 fully saturated rings. The molecule has 12 nitrogen and oxygen atoms in total. The third-order valence-electron chi connectivity index (χ3n) is 3.85. The Bertz CT molecular complexity index is 906. The lowest BCUT2D eigenvalue weighted by atomic mass is 10.1. The molecule has 0 aromatic carbocycles. The van der Waals surface area contributed by atoms with Crippen LogP contribution in [0.5, 0.6) is 0 Å². The van der Waals surface area contributed by atoms with Crippen molar-refractivity contribution in [3.8, 4) is 0 Å². The molecule has 0 saturated carbocycles. The number of carboxylic acids is 1. The van der Waals surface area contributed by atoms with Crippen LogP contribution in [0.3, 0.4) is 0 Å². The number of carbonyl (C=O) groups is 1. The molecular weight excluding hydrogens is 344 g/mol. The van der Waals surface area contributed by atoms with Gasteiger partial charge >= 0.3 is 11.7 Å². The monoisotopic (exact) mass is 366 g/mol. The third-order valence-corrected chi connectivity index (χ3v) is 3.85. The predicted octanol–water partition coefficient (Wildman–Crippen LogP) is -2.18. The van der Waals surface area contributed by atoms with Crippen LogP contribution < -0.4 is 33.8 Å². The van der Waals surface area contributed by atoms with Crippen LogP contribution in [0.15, 0.2) is 9.59 Å². The zero-order valence-corrected chi connectivity index (χ0v) is 14.1. The second-order valence-electron chi connectivity index (χ2n) is 5.71. The van der Waals surface area contributed by atoms with Gasteiger partial charge in [-0.15, -0.1) is 0 Å². The first-order valence-corrected chi connectivity index (χ1v) is 8.07. The van der Waals surface area contributed by atoms with E-state index in [1.165, 1.54) is 0 Å². The quantitative estimate of drug-likeness (QED) is 0.264. The van der Waals surface area contributed by atoms with Gasteiger partial charge in [0.25, 0.3) is 5.56 Å². The molecule has 2 aromatic heterocycles. The standard InChI is InChI=1S/C14H22N8O4/c15-4-2-1-3-7(12(24)25)18-5-6-22-10-8(9(16)19-14(22)26)11(23)21-13(17)20-10/h7,18H,1-6,15H2,(H,24,25)(H2,16,19,26)(H3,17,20,21,23)/t7-/m1/s1. The van der Waals surface area contributed by atoms with Gasteiger partial charge in [0.1, 0.15) is 17.2 Å². The number of nitrogens with two attached hydrogens (primary N) is 3. The molecule has 2 aromatic rings. The summed E-state index contributed by atoms with van der Waals surface area (Å²) in [7, 11) is 0. The number of aliphatic carboxylic acids is 1. The first-order chi connectivity index (χ1) is 12.3. The van der Waals surface area contributed by atoms with E-state index in [0.717, 1.165) is 11.0 Å². The van der Waals surface area contributed by atoms with Crippen LogP contribution in [0.1, 0.15) is 19.3 Å². The maximum atomic E-state index is 12.1. The van der Waals surface area contributed by atoms with Crippen molar-refractivity contribution in [3.05, 3.63) is 20.8 Å². The largest absolute Gasteiger partial charge is 0.480 e. The average molecular weight is 366 g/mol. The van der Waals surface area contributed by atoms with E-state index >= 15 is 0 Å². The molecule has 0 aliphatic heterocycles. The van der Waals surface area contributed by atoms with Crippen LogP contribution >= 0.6 is 0 Å². The molecule has 0 radical (unpaired) electrons.